The Morgan fingerprint density at radius 3 is 2.81 bits per heavy atom. The van der Waals surface area contributed by atoms with Crippen LogP contribution in [0.5, 0.6) is 0 Å². The molecule has 1 aromatic rings. The van der Waals surface area contributed by atoms with E-state index in [0.717, 1.165) is 18.4 Å². The van der Waals surface area contributed by atoms with Gasteiger partial charge in [0.2, 0.25) is 5.91 Å². The minimum Gasteiger partial charge on any atom is -0.399 e. The van der Waals surface area contributed by atoms with Gasteiger partial charge in [-0.05, 0) is 44.4 Å². The molecule has 2 rings (SSSR count). The lowest BCUT2D eigenvalue weighted by Crippen LogP contribution is -2.49. The van der Waals surface area contributed by atoms with Crippen LogP contribution < -0.4 is 11.1 Å². The fourth-order valence-corrected chi connectivity index (χ4v) is 2.37. The number of nitrogens with zero attached hydrogens (tertiary/aromatic N) is 1. The molecule has 0 fully saturated rings. The zero-order chi connectivity index (χ0) is 15.6. The summed E-state index contributed by atoms with van der Waals surface area (Å²) in [5.41, 5.74) is 7.67. The molecule has 0 radical (unpaired) electrons. The third-order valence-corrected chi connectivity index (χ3v) is 4.00. The van der Waals surface area contributed by atoms with Gasteiger partial charge in [0.05, 0.1) is 6.54 Å². The van der Waals surface area contributed by atoms with Crippen LogP contribution in [0.1, 0.15) is 43.1 Å². The first-order chi connectivity index (χ1) is 9.82. The van der Waals surface area contributed by atoms with Gasteiger partial charge in [-0.25, -0.2) is 0 Å². The third-order valence-electron chi connectivity index (χ3n) is 4.00. The van der Waals surface area contributed by atoms with Crippen molar-refractivity contribution in [2.45, 2.75) is 39.2 Å². The lowest BCUT2D eigenvalue weighted by atomic mass is 9.98. The second-order valence-corrected chi connectivity index (χ2v) is 6.18. The molecule has 0 saturated heterocycles. The van der Waals surface area contributed by atoms with Crippen LogP contribution in [0.15, 0.2) is 18.2 Å². The van der Waals surface area contributed by atoms with Crippen LogP contribution in [-0.4, -0.2) is 35.3 Å². The molecule has 2 amide bonds. The highest BCUT2D eigenvalue weighted by atomic mass is 16.2. The number of nitrogens with one attached hydrogen (secondary N) is 1. The van der Waals surface area contributed by atoms with E-state index < -0.39 is 0 Å². The highest BCUT2D eigenvalue weighted by Crippen LogP contribution is 2.21. The summed E-state index contributed by atoms with van der Waals surface area (Å²) in [6.45, 7) is 6.62. The Hall–Kier alpha value is -2.04. The van der Waals surface area contributed by atoms with Gasteiger partial charge in [-0.15, -0.1) is 0 Å². The maximum Gasteiger partial charge on any atom is 0.254 e. The van der Waals surface area contributed by atoms with Crippen molar-refractivity contribution < 1.29 is 9.59 Å². The summed E-state index contributed by atoms with van der Waals surface area (Å²) in [6.07, 6.45) is 1.60. The highest BCUT2D eigenvalue weighted by molar-refractivity contribution is 5.99. The van der Waals surface area contributed by atoms with Gasteiger partial charge in [0.15, 0.2) is 0 Å². The number of fused-ring (bicyclic) bond motifs is 1. The summed E-state index contributed by atoms with van der Waals surface area (Å²) in [7, 11) is 0. The molecule has 0 unspecified atom stereocenters. The van der Waals surface area contributed by atoms with Gasteiger partial charge < -0.3 is 16.0 Å². The minimum atomic E-state index is -0.252. The van der Waals surface area contributed by atoms with Gasteiger partial charge in [0, 0.05) is 23.3 Å². The van der Waals surface area contributed by atoms with Crippen molar-refractivity contribution in [3.8, 4) is 0 Å². The maximum atomic E-state index is 12.4. The first-order valence-electron chi connectivity index (χ1n) is 7.31. The Labute approximate surface area is 125 Å². The van der Waals surface area contributed by atoms with E-state index in [1.54, 1.807) is 17.0 Å². The van der Waals surface area contributed by atoms with E-state index in [-0.39, 0.29) is 23.9 Å². The first kappa shape index (κ1) is 15.4. The summed E-state index contributed by atoms with van der Waals surface area (Å²) in [5, 5.41) is 2.95. The normalized spacial score (nSPS) is 14.8. The monoisotopic (exact) mass is 289 g/mol. The molecule has 21 heavy (non-hydrogen) atoms. The van der Waals surface area contributed by atoms with Gasteiger partial charge in [0.1, 0.15) is 0 Å². The molecule has 114 valence electrons. The largest absolute Gasteiger partial charge is 0.399 e. The fourth-order valence-electron chi connectivity index (χ4n) is 2.37. The highest BCUT2D eigenvalue weighted by Gasteiger charge is 2.27. The lowest BCUT2D eigenvalue weighted by molar-refractivity contribution is -0.123. The number of benzene rings is 1. The summed E-state index contributed by atoms with van der Waals surface area (Å²) in [6, 6.07) is 5.39. The summed E-state index contributed by atoms with van der Waals surface area (Å²) >= 11 is 0. The van der Waals surface area contributed by atoms with E-state index in [1.165, 1.54) is 0 Å². The van der Waals surface area contributed by atoms with Gasteiger partial charge in [0.25, 0.3) is 5.91 Å². The van der Waals surface area contributed by atoms with Crippen molar-refractivity contribution in [2.75, 3.05) is 18.8 Å². The Bertz CT molecular complexity index is 567. The Morgan fingerprint density at radius 1 is 1.43 bits per heavy atom. The minimum absolute atomic E-state index is 0.0938. The van der Waals surface area contributed by atoms with E-state index in [0.29, 0.717) is 17.8 Å². The molecule has 1 aromatic carbocycles. The molecule has 0 atom stereocenters. The standard InChI is InChI=1S/C16H23N3O2/c1-4-16(2,3)18-14(20)10-19-8-7-11-5-6-12(17)9-13(11)15(19)21/h5-6,9H,4,7-8,10,17H2,1-3H3,(H,18,20). The Balaban J connectivity index is 2.07. The fraction of sp³-hybridized carbons (Fsp3) is 0.500. The number of hydrogen-bond donors (Lipinski definition) is 2. The van der Waals surface area contributed by atoms with Crippen LogP contribution >= 0.6 is 0 Å². The smallest absolute Gasteiger partial charge is 0.254 e. The lowest BCUT2D eigenvalue weighted by Gasteiger charge is -2.30. The maximum absolute atomic E-state index is 12.4. The zero-order valence-corrected chi connectivity index (χ0v) is 12.9. The van der Waals surface area contributed by atoms with Gasteiger partial charge in [-0.2, -0.15) is 0 Å². The molecule has 5 nitrogen and oxygen atoms in total. The number of rotatable bonds is 4. The average Bonchev–Trinajstić information content (AvgIpc) is 2.42. The van der Waals surface area contributed by atoms with Crippen LogP contribution in [0.3, 0.4) is 0 Å². The number of hydrogen-bond acceptors (Lipinski definition) is 3. The summed E-state index contributed by atoms with van der Waals surface area (Å²) in [5.74, 6) is -0.240. The van der Waals surface area contributed by atoms with Crippen LogP contribution in [0, 0.1) is 0 Å². The van der Waals surface area contributed by atoms with E-state index in [1.807, 2.05) is 26.8 Å². The van der Waals surface area contributed by atoms with E-state index >= 15 is 0 Å². The molecule has 0 saturated carbocycles. The number of anilines is 1. The molecule has 1 aliphatic rings. The van der Waals surface area contributed by atoms with Gasteiger partial charge in [-0.1, -0.05) is 13.0 Å². The Morgan fingerprint density at radius 2 is 2.14 bits per heavy atom. The van der Waals surface area contributed by atoms with Crippen molar-refractivity contribution in [1.29, 1.82) is 0 Å². The summed E-state index contributed by atoms with van der Waals surface area (Å²) < 4.78 is 0. The Kier molecular flexibility index (Phi) is 4.21. The van der Waals surface area contributed by atoms with Gasteiger partial charge >= 0.3 is 0 Å². The number of nitrogens with two attached hydrogens (primary N) is 1. The van der Waals surface area contributed by atoms with Crippen molar-refractivity contribution in [3.63, 3.8) is 0 Å². The predicted octanol–water partition coefficient (Wildman–Crippen LogP) is 1.57. The van der Waals surface area contributed by atoms with E-state index in [9.17, 15) is 9.59 Å². The van der Waals surface area contributed by atoms with E-state index in [4.69, 9.17) is 5.73 Å². The van der Waals surface area contributed by atoms with Gasteiger partial charge in [-0.3, -0.25) is 9.59 Å². The zero-order valence-electron chi connectivity index (χ0n) is 12.9. The van der Waals surface area contributed by atoms with Crippen LogP contribution in [0.4, 0.5) is 5.69 Å². The van der Waals surface area contributed by atoms with E-state index in [2.05, 4.69) is 5.32 Å². The van der Waals surface area contributed by atoms with Crippen molar-refractivity contribution in [3.05, 3.63) is 29.3 Å². The van der Waals surface area contributed by atoms with Crippen LogP contribution in [0.2, 0.25) is 0 Å². The van der Waals surface area contributed by atoms with Crippen molar-refractivity contribution >= 4 is 17.5 Å². The summed E-state index contributed by atoms with van der Waals surface area (Å²) in [4.78, 5) is 26.1. The predicted molar refractivity (Wildman–Crippen MR) is 83.0 cm³/mol. The second kappa shape index (κ2) is 5.76. The molecule has 5 heteroatoms. The first-order valence-corrected chi connectivity index (χ1v) is 7.31. The van der Waals surface area contributed by atoms with Crippen molar-refractivity contribution in [2.24, 2.45) is 0 Å². The number of carbonyl (C=O) groups excluding carboxylic acids is 2. The molecule has 0 spiro atoms. The molecular weight excluding hydrogens is 266 g/mol. The SMILES string of the molecule is CCC(C)(C)NC(=O)CN1CCc2ccc(N)cc2C1=O. The quantitative estimate of drug-likeness (QED) is 0.826. The molecule has 1 heterocycles. The number of carbonyl (C=O) groups is 2. The second-order valence-electron chi connectivity index (χ2n) is 6.18. The average molecular weight is 289 g/mol. The molecule has 3 N–H and O–H groups in total. The molecular formula is C16H23N3O2. The van der Waals surface area contributed by atoms with Crippen LogP contribution in [0.25, 0.3) is 0 Å². The molecule has 0 aliphatic carbocycles. The molecule has 0 bridgehead atoms. The molecule has 0 aromatic heterocycles. The van der Waals surface area contributed by atoms with Crippen LogP contribution in [-0.2, 0) is 11.2 Å². The number of amides is 2. The number of nitrogen functional groups attached to an aromatic ring is 1. The molecule has 1 aliphatic heterocycles. The topological polar surface area (TPSA) is 75.4 Å². The third kappa shape index (κ3) is 3.54. The van der Waals surface area contributed by atoms with Crippen molar-refractivity contribution in [1.82, 2.24) is 10.2 Å².